The number of nitrogens with zero attached hydrogens (tertiary/aromatic N) is 1. The molecule has 2 aromatic carbocycles. The highest BCUT2D eigenvalue weighted by Gasteiger charge is 2.12. The fraction of sp³-hybridized carbons (Fsp3) is 0.143. The summed E-state index contributed by atoms with van der Waals surface area (Å²) in [4.78, 5) is 12.3. The van der Waals surface area contributed by atoms with Crippen LogP contribution >= 0.6 is 11.6 Å². The molecule has 0 spiro atoms. The zero-order valence-electron chi connectivity index (χ0n) is 14.8. The lowest BCUT2D eigenvalue weighted by Crippen LogP contribution is -2.16. The number of fused-ring (bicyclic) bond motifs is 1. The Morgan fingerprint density at radius 3 is 2.65 bits per heavy atom. The number of benzene rings is 2. The third-order valence-electron chi connectivity index (χ3n) is 4.06. The van der Waals surface area contributed by atoms with Gasteiger partial charge in [-0.3, -0.25) is 4.79 Å². The maximum Gasteiger partial charge on any atom is 0.307 e. The van der Waals surface area contributed by atoms with E-state index in [1.807, 2.05) is 56.3 Å². The van der Waals surface area contributed by atoms with Crippen LogP contribution in [0.2, 0.25) is 0 Å². The van der Waals surface area contributed by atoms with E-state index in [9.17, 15) is 4.79 Å². The van der Waals surface area contributed by atoms with Gasteiger partial charge >= 0.3 is 5.91 Å². The van der Waals surface area contributed by atoms with Crippen LogP contribution in [-0.2, 0) is 0 Å². The Kier molecular flexibility index (Phi) is 5.24. The number of allylic oxidation sites excluding steroid dienone is 2. The molecule has 0 aliphatic rings. The number of nitrogens with one attached hydrogen (secondary N) is 1. The second kappa shape index (κ2) is 7.58. The molecule has 0 unspecified atom stereocenters. The summed E-state index contributed by atoms with van der Waals surface area (Å²) in [5.74, 6) is -0.196. The summed E-state index contributed by atoms with van der Waals surface area (Å²) in [5, 5.41) is 5.53. The maximum atomic E-state index is 12.3. The van der Waals surface area contributed by atoms with Crippen molar-refractivity contribution in [2.45, 2.75) is 20.8 Å². The van der Waals surface area contributed by atoms with Crippen molar-refractivity contribution in [2.75, 3.05) is 0 Å². The van der Waals surface area contributed by atoms with E-state index >= 15 is 0 Å². The summed E-state index contributed by atoms with van der Waals surface area (Å²) < 4.78 is 5.57. The van der Waals surface area contributed by atoms with E-state index in [2.05, 4.69) is 10.5 Å². The highest BCUT2D eigenvalue weighted by molar-refractivity contribution is 6.36. The quantitative estimate of drug-likeness (QED) is 0.494. The number of amides is 1. The summed E-state index contributed by atoms with van der Waals surface area (Å²) >= 11 is 6.21. The van der Waals surface area contributed by atoms with Gasteiger partial charge in [0.25, 0.3) is 0 Å². The van der Waals surface area contributed by atoms with Gasteiger partial charge in [0.15, 0.2) is 5.76 Å². The second-order valence-electron chi connectivity index (χ2n) is 6.11. The zero-order valence-corrected chi connectivity index (χ0v) is 15.6. The SMILES string of the molecule is C/C(Cl)=C(/C=N/NC(=O)c1cc2cc(C)ccc2o1)c1ccccc1C. The molecular formula is C21H19ClN2O2. The van der Waals surface area contributed by atoms with Crippen LogP contribution in [0, 0.1) is 13.8 Å². The van der Waals surface area contributed by atoms with E-state index in [1.54, 1.807) is 19.2 Å². The Labute approximate surface area is 157 Å². The third-order valence-corrected chi connectivity index (χ3v) is 4.27. The molecule has 0 bridgehead atoms. The second-order valence-corrected chi connectivity index (χ2v) is 6.68. The number of hydrogen-bond donors (Lipinski definition) is 1. The van der Waals surface area contributed by atoms with Crippen molar-refractivity contribution in [1.82, 2.24) is 5.43 Å². The minimum atomic E-state index is -0.411. The van der Waals surface area contributed by atoms with E-state index in [4.69, 9.17) is 16.0 Å². The van der Waals surface area contributed by atoms with E-state index in [0.717, 1.165) is 27.6 Å². The first-order chi connectivity index (χ1) is 12.5. The minimum Gasteiger partial charge on any atom is -0.451 e. The van der Waals surface area contributed by atoms with Crippen LogP contribution in [0.5, 0.6) is 0 Å². The molecule has 4 nitrogen and oxygen atoms in total. The van der Waals surface area contributed by atoms with Crippen LogP contribution in [0.15, 0.2) is 63.1 Å². The highest BCUT2D eigenvalue weighted by Crippen LogP contribution is 2.23. The lowest BCUT2D eigenvalue weighted by Gasteiger charge is -2.07. The summed E-state index contributed by atoms with van der Waals surface area (Å²) in [6.07, 6.45) is 1.55. The minimum absolute atomic E-state index is 0.215. The van der Waals surface area contributed by atoms with Gasteiger partial charge in [0.05, 0.1) is 6.21 Å². The summed E-state index contributed by atoms with van der Waals surface area (Å²) in [5.41, 5.74) is 7.07. The molecule has 5 heteroatoms. The number of carbonyl (C=O) groups is 1. The molecular weight excluding hydrogens is 348 g/mol. The Morgan fingerprint density at radius 2 is 1.92 bits per heavy atom. The van der Waals surface area contributed by atoms with Crippen molar-refractivity contribution >= 4 is 40.3 Å². The molecule has 3 rings (SSSR count). The number of hydrazone groups is 1. The van der Waals surface area contributed by atoms with Crippen LogP contribution in [0.25, 0.3) is 16.5 Å². The lowest BCUT2D eigenvalue weighted by molar-refractivity contribution is 0.0929. The predicted molar refractivity (Wildman–Crippen MR) is 107 cm³/mol. The van der Waals surface area contributed by atoms with Crippen LogP contribution in [-0.4, -0.2) is 12.1 Å². The molecule has 0 fully saturated rings. The van der Waals surface area contributed by atoms with Crippen molar-refractivity contribution in [1.29, 1.82) is 0 Å². The van der Waals surface area contributed by atoms with Gasteiger partial charge in [-0.1, -0.05) is 47.5 Å². The molecule has 1 N–H and O–H groups in total. The fourth-order valence-electron chi connectivity index (χ4n) is 2.70. The van der Waals surface area contributed by atoms with Gasteiger partial charge in [-0.15, -0.1) is 0 Å². The molecule has 0 radical (unpaired) electrons. The first-order valence-electron chi connectivity index (χ1n) is 8.21. The molecule has 26 heavy (non-hydrogen) atoms. The van der Waals surface area contributed by atoms with E-state index in [1.165, 1.54) is 0 Å². The molecule has 3 aromatic rings. The molecule has 0 atom stereocenters. The standard InChI is InChI=1S/C21H19ClN2O2/c1-13-8-9-19-16(10-13)11-20(26-19)21(25)24-23-12-18(15(3)22)17-7-5-4-6-14(17)2/h4-12H,1-3H3,(H,24,25)/b18-15+,23-12+. The predicted octanol–water partition coefficient (Wildman–Crippen LogP) is 5.44. The Morgan fingerprint density at radius 1 is 1.15 bits per heavy atom. The maximum absolute atomic E-state index is 12.3. The lowest BCUT2D eigenvalue weighted by atomic mass is 10.0. The van der Waals surface area contributed by atoms with Gasteiger partial charge < -0.3 is 4.42 Å². The van der Waals surface area contributed by atoms with Crippen LogP contribution < -0.4 is 5.43 Å². The van der Waals surface area contributed by atoms with E-state index < -0.39 is 5.91 Å². The van der Waals surface area contributed by atoms with E-state index in [-0.39, 0.29) is 5.76 Å². The first-order valence-corrected chi connectivity index (χ1v) is 8.59. The fourth-order valence-corrected chi connectivity index (χ4v) is 2.85. The number of hydrogen-bond acceptors (Lipinski definition) is 3. The van der Waals surface area contributed by atoms with Gasteiger partial charge in [-0.25, -0.2) is 5.43 Å². The normalized spacial score (nSPS) is 12.5. The number of aryl methyl sites for hydroxylation is 2. The van der Waals surface area contributed by atoms with Crippen molar-refractivity contribution in [3.63, 3.8) is 0 Å². The van der Waals surface area contributed by atoms with Gasteiger partial charge in [0.2, 0.25) is 0 Å². The van der Waals surface area contributed by atoms with E-state index in [0.29, 0.717) is 10.6 Å². The Bertz CT molecular complexity index is 1030. The topological polar surface area (TPSA) is 54.6 Å². The molecule has 1 amide bonds. The van der Waals surface area contributed by atoms with Gasteiger partial charge in [-0.05, 0) is 50.1 Å². The Balaban J connectivity index is 1.78. The average Bonchev–Trinajstić information content (AvgIpc) is 3.02. The molecule has 132 valence electrons. The molecule has 1 heterocycles. The largest absolute Gasteiger partial charge is 0.451 e. The average molecular weight is 367 g/mol. The Hall–Kier alpha value is -2.85. The third kappa shape index (κ3) is 3.86. The summed E-state index contributed by atoms with van der Waals surface area (Å²) in [6.45, 7) is 5.78. The summed E-state index contributed by atoms with van der Waals surface area (Å²) in [6, 6.07) is 15.3. The van der Waals surface area contributed by atoms with Crippen LogP contribution in [0.4, 0.5) is 0 Å². The smallest absolute Gasteiger partial charge is 0.307 e. The summed E-state index contributed by atoms with van der Waals surface area (Å²) in [7, 11) is 0. The molecule has 0 saturated carbocycles. The molecule has 0 saturated heterocycles. The van der Waals surface area contributed by atoms with Crippen LogP contribution in [0.3, 0.4) is 0 Å². The van der Waals surface area contributed by atoms with Crippen molar-refractivity contribution < 1.29 is 9.21 Å². The number of halogens is 1. The highest BCUT2D eigenvalue weighted by atomic mass is 35.5. The number of furan rings is 1. The van der Waals surface area contributed by atoms with Crippen LogP contribution in [0.1, 0.15) is 34.2 Å². The molecule has 0 aliphatic heterocycles. The molecule has 0 aliphatic carbocycles. The number of rotatable bonds is 4. The van der Waals surface area contributed by atoms with Gasteiger partial charge in [0.1, 0.15) is 5.58 Å². The van der Waals surface area contributed by atoms with Gasteiger partial charge in [-0.2, -0.15) is 5.10 Å². The molecule has 1 aromatic heterocycles. The van der Waals surface area contributed by atoms with Crippen molar-refractivity contribution in [3.05, 3.63) is 76.0 Å². The first kappa shape index (κ1) is 18.0. The van der Waals surface area contributed by atoms with Crippen molar-refractivity contribution in [3.8, 4) is 0 Å². The monoisotopic (exact) mass is 366 g/mol. The zero-order chi connectivity index (χ0) is 18.7. The number of carbonyl (C=O) groups excluding carboxylic acids is 1. The van der Waals surface area contributed by atoms with Gasteiger partial charge in [0, 0.05) is 16.0 Å². The van der Waals surface area contributed by atoms with Crippen molar-refractivity contribution in [2.24, 2.45) is 5.10 Å².